The quantitative estimate of drug-likeness (QED) is 0.737. The Labute approximate surface area is 93.2 Å². The third-order valence-corrected chi connectivity index (χ3v) is 3.25. The van der Waals surface area contributed by atoms with Gasteiger partial charge in [0, 0.05) is 6.42 Å². The second kappa shape index (κ2) is 4.41. The van der Waals surface area contributed by atoms with Crippen LogP contribution < -0.4 is 0 Å². The van der Waals surface area contributed by atoms with Gasteiger partial charge in [-0.2, -0.15) is 5.26 Å². The lowest BCUT2D eigenvalue weighted by Crippen LogP contribution is -1.83. The first kappa shape index (κ1) is 10.1. The Kier molecular flexibility index (Phi) is 2.98. The molecule has 0 saturated carbocycles. The molecule has 2 nitrogen and oxygen atoms in total. The largest absolute Gasteiger partial charge is 0.242 e. The average Bonchev–Trinajstić information content (AvgIpc) is 2.57. The molecule has 0 aliphatic rings. The van der Waals surface area contributed by atoms with Crippen molar-refractivity contribution in [3.8, 4) is 6.07 Å². The third-order valence-electron chi connectivity index (χ3n) is 2.31. The van der Waals surface area contributed by atoms with Crippen LogP contribution in [0.5, 0.6) is 0 Å². The second-order valence-electron chi connectivity index (χ2n) is 3.55. The van der Waals surface area contributed by atoms with E-state index in [1.54, 1.807) is 11.3 Å². The van der Waals surface area contributed by atoms with Crippen LogP contribution in [0.3, 0.4) is 0 Å². The van der Waals surface area contributed by atoms with Gasteiger partial charge in [0.05, 0.1) is 21.3 Å². The molecule has 76 valence electrons. The molecule has 0 fully saturated rings. The van der Waals surface area contributed by atoms with Crippen molar-refractivity contribution in [1.82, 2.24) is 4.98 Å². The summed E-state index contributed by atoms with van der Waals surface area (Å²) in [7, 11) is 0. The van der Waals surface area contributed by atoms with Crippen molar-refractivity contribution in [3.63, 3.8) is 0 Å². The Bertz CT molecular complexity index is 508. The van der Waals surface area contributed by atoms with E-state index in [0.717, 1.165) is 23.4 Å². The van der Waals surface area contributed by atoms with E-state index >= 15 is 0 Å². The summed E-state index contributed by atoms with van der Waals surface area (Å²) >= 11 is 1.73. The predicted octanol–water partition coefficient (Wildman–Crippen LogP) is 3.45. The molecule has 1 aromatic heterocycles. The first-order valence-electron chi connectivity index (χ1n) is 5.02. The molecule has 0 spiro atoms. The highest BCUT2D eigenvalue weighted by Gasteiger charge is 2.01. The lowest BCUT2D eigenvalue weighted by Gasteiger charge is -1.97. The van der Waals surface area contributed by atoms with E-state index in [0.29, 0.717) is 6.42 Å². The molecule has 1 heterocycles. The SMILES string of the molecule is Cc1nc2ccc(CCCC#N)cc2s1. The van der Waals surface area contributed by atoms with Crippen LogP contribution in [0.15, 0.2) is 18.2 Å². The lowest BCUT2D eigenvalue weighted by atomic mass is 10.1. The molecule has 0 atom stereocenters. The van der Waals surface area contributed by atoms with Gasteiger partial charge in [0.15, 0.2) is 0 Å². The van der Waals surface area contributed by atoms with Crippen LogP contribution in [0, 0.1) is 18.3 Å². The zero-order chi connectivity index (χ0) is 10.7. The van der Waals surface area contributed by atoms with E-state index in [1.807, 2.05) is 6.92 Å². The van der Waals surface area contributed by atoms with Crippen molar-refractivity contribution in [2.45, 2.75) is 26.2 Å². The third kappa shape index (κ3) is 2.34. The van der Waals surface area contributed by atoms with Crippen LogP contribution in [0.2, 0.25) is 0 Å². The number of nitriles is 1. The number of hydrogen-bond donors (Lipinski definition) is 0. The van der Waals surface area contributed by atoms with Crippen LogP contribution >= 0.6 is 11.3 Å². The molecule has 0 amide bonds. The minimum atomic E-state index is 0.639. The summed E-state index contributed by atoms with van der Waals surface area (Å²) in [4.78, 5) is 4.42. The number of aromatic nitrogens is 1. The summed E-state index contributed by atoms with van der Waals surface area (Å²) in [5, 5.41) is 9.57. The molecule has 0 N–H and O–H groups in total. The number of thiazole rings is 1. The van der Waals surface area contributed by atoms with Crippen molar-refractivity contribution < 1.29 is 0 Å². The topological polar surface area (TPSA) is 36.7 Å². The van der Waals surface area contributed by atoms with Gasteiger partial charge in [-0.25, -0.2) is 4.98 Å². The van der Waals surface area contributed by atoms with Gasteiger partial charge >= 0.3 is 0 Å². The van der Waals surface area contributed by atoms with E-state index in [2.05, 4.69) is 29.3 Å². The molecule has 2 aromatic rings. The van der Waals surface area contributed by atoms with E-state index in [9.17, 15) is 0 Å². The van der Waals surface area contributed by atoms with Crippen molar-refractivity contribution in [2.24, 2.45) is 0 Å². The number of nitrogens with zero attached hydrogens (tertiary/aromatic N) is 2. The summed E-state index contributed by atoms with van der Waals surface area (Å²) in [6.07, 6.45) is 2.57. The first-order valence-corrected chi connectivity index (χ1v) is 5.84. The minimum Gasteiger partial charge on any atom is -0.242 e. The summed E-state index contributed by atoms with van der Waals surface area (Å²) in [6, 6.07) is 8.54. The maximum Gasteiger partial charge on any atom is 0.0907 e. The van der Waals surface area contributed by atoms with Crippen LogP contribution in [0.4, 0.5) is 0 Å². The fourth-order valence-electron chi connectivity index (χ4n) is 1.61. The van der Waals surface area contributed by atoms with E-state index in [-0.39, 0.29) is 0 Å². The molecule has 0 unspecified atom stereocenters. The zero-order valence-corrected chi connectivity index (χ0v) is 9.47. The van der Waals surface area contributed by atoms with Crippen molar-refractivity contribution >= 4 is 21.6 Å². The number of benzene rings is 1. The van der Waals surface area contributed by atoms with Crippen LogP contribution in [0.25, 0.3) is 10.2 Å². The van der Waals surface area contributed by atoms with Gasteiger partial charge < -0.3 is 0 Å². The number of aryl methyl sites for hydroxylation is 2. The maximum absolute atomic E-state index is 8.46. The Balaban J connectivity index is 2.19. The Morgan fingerprint density at radius 1 is 1.47 bits per heavy atom. The van der Waals surface area contributed by atoms with Crippen molar-refractivity contribution in [2.75, 3.05) is 0 Å². The smallest absolute Gasteiger partial charge is 0.0907 e. The Morgan fingerprint density at radius 3 is 3.13 bits per heavy atom. The minimum absolute atomic E-state index is 0.639. The van der Waals surface area contributed by atoms with Crippen LogP contribution in [-0.2, 0) is 6.42 Å². The number of hydrogen-bond acceptors (Lipinski definition) is 3. The Hall–Kier alpha value is -1.40. The molecule has 0 radical (unpaired) electrons. The molecular formula is C12H12N2S. The standard InChI is InChI=1S/C12H12N2S/c1-9-14-11-6-5-10(4-2-3-7-13)8-12(11)15-9/h5-6,8H,2-4H2,1H3. The van der Waals surface area contributed by atoms with Gasteiger partial charge in [-0.05, 0) is 37.5 Å². The molecule has 3 heteroatoms. The normalized spacial score (nSPS) is 10.4. The summed E-state index contributed by atoms with van der Waals surface area (Å²) in [6.45, 7) is 2.03. The highest BCUT2D eigenvalue weighted by molar-refractivity contribution is 7.18. The molecule has 0 bridgehead atoms. The highest BCUT2D eigenvalue weighted by Crippen LogP contribution is 2.23. The molecular weight excluding hydrogens is 204 g/mol. The van der Waals surface area contributed by atoms with E-state index in [1.165, 1.54) is 10.3 Å². The summed E-state index contributed by atoms with van der Waals surface area (Å²) < 4.78 is 1.25. The van der Waals surface area contributed by atoms with Gasteiger partial charge in [-0.15, -0.1) is 11.3 Å². The number of unbranched alkanes of at least 4 members (excludes halogenated alkanes) is 1. The van der Waals surface area contributed by atoms with Gasteiger partial charge in [0.25, 0.3) is 0 Å². The number of rotatable bonds is 3. The second-order valence-corrected chi connectivity index (χ2v) is 4.78. The molecule has 15 heavy (non-hydrogen) atoms. The molecule has 0 saturated heterocycles. The number of fused-ring (bicyclic) bond motifs is 1. The van der Waals surface area contributed by atoms with Crippen molar-refractivity contribution in [1.29, 1.82) is 5.26 Å². The molecule has 1 aromatic carbocycles. The molecule has 2 rings (SSSR count). The lowest BCUT2D eigenvalue weighted by molar-refractivity contribution is 0.852. The van der Waals surface area contributed by atoms with Gasteiger partial charge in [0.1, 0.15) is 0 Å². The summed E-state index contributed by atoms with van der Waals surface area (Å²) in [5.74, 6) is 0. The van der Waals surface area contributed by atoms with E-state index in [4.69, 9.17) is 5.26 Å². The highest BCUT2D eigenvalue weighted by atomic mass is 32.1. The van der Waals surface area contributed by atoms with E-state index < -0.39 is 0 Å². The fourth-order valence-corrected chi connectivity index (χ4v) is 2.50. The predicted molar refractivity (Wildman–Crippen MR) is 62.9 cm³/mol. The average molecular weight is 216 g/mol. The molecule has 0 aliphatic carbocycles. The fraction of sp³-hybridized carbons (Fsp3) is 0.333. The zero-order valence-electron chi connectivity index (χ0n) is 8.66. The van der Waals surface area contributed by atoms with Crippen LogP contribution in [0.1, 0.15) is 23.4 Å². The van der Waals surface area contributed by atoms with Crippen molar-refractivity contribution in [3.05, 3.63) is 28.8 Å². The van der Waals surface area contributed by atoms with Gasteiger partial charge in [-0.3, -0.25) is 0 Å². The maximum atomic E-state index is 8.46. The Morgan fingerprint density at radius 2 is 2.33 bits per heavy atom. The summed E-state index contributed by atoms with van der Waals surface area (Å²) in [5.41, 5.74) is 2.39. The van der Waals surface area contributed by atoms with Crippen LogP contribution in [-0.4, -0.2) is 4.98 Å². The molecule has 0 aliphatic heterocycles. The van der Waals surface area contributed by atoms with Gasteiger partial charge in [0.2, 0.25) is 0 Å². The van der Waals surface area contributed by atoms with Gasteiger partial charge in [-0.1, -0.05) is 6.07 Å². The first-order chi connectivity index (χ1) is 7.29. The monoisotopic (exact) mass is 216 g/mol.